The van der Waals surface area contributed by atoms with Gasteiger partial charge in [-0.3, -0.25) is 9.69 Å². The molecular weight excluding hydrogens is 344 g/mol. The third-order valence-corrected chi connectivity index (χ3v) is 5.60. The van der Waals surface area contributed by atoms with E-state index in [1.807, 2.05) is 12.1 Å². The molecule has 0 saturated carbocycles. The van der Waals surface area contributed by atoms with Gasteiger partial charge in [0.15, 0.2) is 0 Å². The van der Waals surface area contributed by atoms with Crippen LogP contribution in [-0.2, 0) is 20.8 Å². The maximum atomic E-state index is 11.6. The first-order valence-corrected chi connectivity index (χ1v) is 9.77. The standard InChI is InChI=1S/C21H32N2O4/c1-22(2)20(24)14-26-10-8-17-9-11-27-21(12-17)15-23(16-21)13-18-6-4-5-7-19(18)25-3/h4-7,17H,8-16H2,1-3H3/t17-/m0/s1. The summed E-state index contributed by atoms with van der Waals surface area (Å²) in [4.78, 5) is 15.5. The highest BCUT2D eigenvalue weighted by atomic mass is 16.5. The molecule has 0 N–H and O–H groups in total. The fourth-order valence-electron chi connectivity index (χ4n) is 4.09. The van der Waals surface area contributed by atoms with Gasteiger partial charge in [0.05, 0.1) is 12.7 Å². The SMILES string of the molecule is COc1ccccc1CN1CC2(C[C@@H](CCOCC(=O)N(C)C)CCO2)C1. The second-order valence-corrected chi connectivity index (χ2v) is 7.98. The second kappa shape index (κ2) is 9.04. The number of likely N-dealkylation sites (tertiary alicyclic amines) is 1. The lowest BCUT2D eigenvalue weighted by Crippen LogP contribution is -2.64. The summed E-state index contributed by atoms with van der Waals surface area (Å²) in [6.07, 6.45) is 3.16. The van der Waals surface area contributed by atoms with Gasteiger partial charge < -0.3 is 19.1 Å². The summed E-state index contributed by atoms with van der Waals surface area (Å²) < 4.78 is 17.2. The van der Waals surface area contributed by atoms with Gasteiger partial charge in [-0.2, -0.15) is 0 Å². The smallest absolute Gasteiger partial charge is 0.248 e. The highest BCUT2D eigenvalue weighted by molar-refractivity contribution is 5.76. The van der Waals surface area contributed by atoms with E-state index >= 15 is 0 Å². The second-order valence-electron chi connectivity index (χ2n) is 7.98. The molecule has 0 unspecified atom stereocenters. The number of amides is 1. The molecule has 2 heterocycles. The molecule has 0 aliphatic carbocycles. The van der Waals surface area contributed by atoms with Gasteiger partial charge in [-0.05, 0) is 31.2 Å². The third-order valence-electron chi connectivity index (χ3n) is 5.60. The fraction of sp³-hybridized carbons (Fsp3) is 0.667. The summed E-state index contributed by atoms with van der Waals surface area (Å²) in [5.41, 5.74) is 1.23. The van der Waals surface area contributed by atoms with Crippen molar-refractivity contribution in [2.75, 3.05) is 54.1 Å². The van der Waals surface area contributed by atoms with E-state index in [9.17, 15) is 4.79 Å². The number of rotatable bonds is 8. The van der Waals surface area contributed by atoms with Crippen molar-refractivity contribution in [2.24, 2.45) is 5.92 Å². The van der Waals surface area contributed by atoms with E-state index in [4.69, 9.17) is 14.2 Å². The van der Waals surface area contributed by atoms with Crippen LogP contribution in [0.1, 0.15) is 24.8 Å². The lowest BCUT2D eigenvalue weighted by atomic mass is 9.79. The summed E-state index contributed by atoms with van der Waals surface area (Å²) in [5.74, 6) is 1.58. The van der Waals surface area contributed by atoms with Gasteiger partial charge in [0.1, 0.15) is 12.4 Å². The van der Waals surface area contributed by atoms with Crippen LogP contribution in [0.3, 0.4) is 0 Å². The number of hydrogen-bond acceptors (Lipinski definition) is 5. The zero-order valence-electron chi connectivity index (χ0n) is 16.8. The van der Waals surface area contributed by atoms with Crippen molar-refractivity contribution >= 4 is 5.91 Å². The lowest BCUT2D eigenvalue weighted by Gasteiger charge is -2.53. The molecule has 1 amide bonds. The Morgan fingerprint density at radius 1 is 1.33 bits per heavy atom. The van der Waals surface area contributed by atoms with Gasteiger partial charge in [-0.1, -0.05) is 18.2 Å². The molecule has 1 spiro atoms. The van der Waals surface area contributed by atoms with Crippen LogP contribution in [0.4, 0.5) is 0 Å². The van der Waals surface area contributed by atoms with Crippen LogP contribution in [0.5, 0.6) is 5.75 Å². The highest BCUT2D eigenvalue weighted by Crippen LogP contribution is 2.39. The number of methoxy groups -OCH3 is 1. The Balaban J connectivity index is 1.41. The van der Waals surface area contributed by atoms with Crippen LogP contribution in [0, 0.1) is 5.92 Å². The zero-order valence-corrected chi connectivity index (χ0v) is 16.8. The van der Waals surface area contributed by atoms with E-state index in [-0.39, 0.29) is 18.1 Å². The number of benzene rings is 1. The Labute approximate surface area is 162 Å². The normalized spacial score (nSPS) is 21.7. The summed E-state index contributed by atoms with van der Waals surface area (Å²) in [5, 5.41) is 0. The Morgan fingerprint density at radius 2 is 2.11 bits per heavy atom. The Bertz CT molecular complexity index is 628. The first-order chi connectivity index (χ1) is 13.0. The Morgan fingerprint density at radius 3 is 2.85 bits per heavy atom. The summed E-state index contributed by atoms with van der Waals surface area (Å²) in [6, 6.07) is 8.20. The minimum absolute atomic E-state index is 0.00435. The van der Waals surface area contributed by atoms with Crippen LogP contribution in [0.15, 0.2) is 24.3 Å². The molecule has 1 atom stereocenters. The number of carbonyl (C=O) groups excluding carboxylic acids is 1. The van der Waals surface area contributed by atoms with E-state index in [2.05, 4.69) is 17.0 Å². The predicted molar refractivity (Wildman–Crippen MR) is 104 cm³/mol. The molecule has 3 rings (SSSR count). The van der Waals surface area contributed by atoms with Gasteiger partial charge in [0, 0.05) is 52.5 Å². The summed E-state index contributed by atoms with van der Waals surface area (Å²) in [7, 11) is 5.22. The summed E-state index contributed by atoms with van der Waals surface area (Å²) in [6.45, 7) is 4.49. The molecule has 2 aliphatic rings. The van der Waals surface area contributed by atoms with E-state index < -0.39 is 0 Å². The molecule has 0 bridgehead atoms. The van der Waals surface area contributed by atoms with Crippen molar-refractivity contribution in [2.45, 2.75) is 31.4 Å². The molecule has 2 aliphatic heterocycles. The lowest BCUT2D eigenvalue weighted by molar-refractivity contribution is -0.182. The predicted octanol–water partition coefficient (Wildman–Crippen LogP) is 2.17. The van der Waals surface area contributed by atoms with E-state index in [1.165, 1.54) is 5.56 Å². The number of ether oxygens (including phenoxy) is 3. The molecule has 6 heteroatoms. The monoisotopic (exact) mass is 376 g/mol. The minimum Gasteiger partial charge on any atom is -0.496 e. The minimum atomic E-state index is 0.00435. The van der Waals surface area contributed by atoms with Gasteiger partial charge >= 0.3 is 0 Å². The van der Waals surface area contributed by atoms with E-state index in [0.717, 1.165) is 51.3 Å². The zero-order chi connectivity index (χ0) is 19.3. The van der Waals surface area contributed by atoms with Crippen molar-refractivity contribution in [1.29, 1.82) is 0 Å². The van der Waals surface area contributed by atoms with Gasteiger partial charge in [-0.25, -0.2) is 0 Å². The van der Waals surface area contributed by atoms with Crippen molar-refractivity contribution in [1.82, 2.24) is 9.80 Å². The third kappa shape index (κ3) is 5.21. The van der Waals surface area contributed by atoms with Crippen molar-refractivity contribution < 1.29 is 19.0 Å². The largest absolute Gasteiger partial charge is 0.496 e. The first kappa shape index (κ1) is 20.1. The average Bonchev–Trinajstić information content (AvgIpc) is 2.64. The van der Waals surface area contributed by atoms with Gasteiger partial charge in [0.2, 0.25) is 5.91 Å². The quantitative estimate of drug-likeness (QED) is 0.651. The van der Waals surface area contributed by atoms with E-state index in [0.29, 0.717) is 12.5 Å². The van der Waals surface area contributed by atoms with Crippen molar-refractivity contribution in [3.8, 4) is 5.75 Å². The maximum Gasteiger partial charge on any atom is 0.248 e. The molecule has 0 radical (unpaired) electrons. The van der Waals surface area contributed by atoms with E-state index in [1.54, 1.807) is 26.1 Å². The van der Waals surface area contributed by atoms with Crippen LogP contribution >= 0.6 is 0 Å². The van der Waals surface area contributed by atoms with Gasteiger partial charge in [-0.15, -0.1) is 0 Å². The molecule has 1 aromatic rings. The molecule has 1 aromatic carbocycles. The number of para-hydroxylation sites is 1. The molecule has 150 valence electrons. The van der Waals surface area contributed by atoms with Crippen molar-refractivity contribution in [3.63, 3.8) is 0 Å². The summed E-state index contributed by atoms with van der Waals surface area (Å²) >= 11 is 0. The molecule has 2 fully saturated rings. The van der Waals surface area contributed by atoms with Crippen LogP contribution < -0.4 is 4.74 Å². The number of likely N-dealkylation sites (N-methyl/N-ethyl adjacent to an activating group) is 1. The fourth-order valence-corrected chi connectivity index (χ4v) is 4.09. The van der Waals surface area contributed by atoms with Crippen LogP contribution in [0.25, 0.3) is 0 Å². The average molecular weight is 376 g/mol. The molecule has 2 saturated heterocycles. The Kier molecular flexibility index (Phi) is 6.73. The van der Waals surface area contributed by atoms with Crippen LogP contribution in [-0.4, -0.2) is 75.4 Å². The van der Waals surface area contributed by atoms with Crippen LogP contribution in [0.2, 0.25) is 0 Å². The van der Waals surface area contributed by atoms with Gasteiger partial charge in [0.25, 0.3) is 0 Å². The molecule has 27 heavy (non-hydrogen) atoms. The highest BCUT2D eigenvalue weighted by Gasteiger charge is 2.47. The first-order valence-electron chi connectivity index (χ1n) is 9.77. The molecule has 0 aromatic heterocycles. The number of hydrogen-bond donors (Lipinski definition) is 0. The Hall–Kier alpha value is -1.63. The molecular formula is C21H32N2O4. The number of nitrogens with zero attached hydrogens (tertiary/aromatic N) is 2. The van der Waals surface area contributed by atoms with Crippen molar-refractivity contribution in [3.05, 3.63) is 29.8 Å². The number of carbonyl (C=O) groups is 1. The molecule has 6 nitrogen and oxygen atoms in total. The maximum absolute atomic E-state index is 11.6. The topological polar surface area (TPSA) is 51.2 Å².